The SMILES string of the molecule is Cc1cc(N2CCCCC2CCO)nc(NN)n1. The highest BCUT2D eigenvalue weighted by Crippen LogP contribution is 2.25. The number of rotatable bonds is 4. The second-order valence-electron chi connectivity index (χ2n) is 4.69. The number of aryl methyl sites for hydroxylation is 1. The van der Waals surface area contributed by atoms with Crippen LogP contribution in [0.2, 0.25) is 0 Å². The predicted molar refractivity (Wildman–Crippen MR) is 71.3 cm³/mol. The van der Waals surface area contributed by atoms with Crippen LogP contribution in [0.3, 0.4) is 0 Å². The first-order chi connectivity index (χ1) is 8.74. The number of nitrogens with two attached hydrogens (primary N) is 1. The molecule has 1 atom stereocenters. The Morgan fingerprint density at radius 1 is 1.50 bits per heavy atom. The van der Waals surface area contributed by atoms with E-state index in [0.717, 1.165) is 37.3 Å². The molecular formula is C12H21N5O. The Kier molecular flexibility index (Phi) is 4.33. The lowest BCUT2D eigenvalue weighted by molar-refractivity contribution is 0.262. The Morgan fingerprint density at radius 3 is 3.06 bits per heavy atom. The maximum absolute atomic E-state index is 9.15. The summed E-state index contributed by atoms with van der Waals surface area (Å²) in [6, 6.07) is 2.33. The Morgan fingerprint density at radius 2 is 2.33 bits per heavy atom. The van der Waals surface area contributed by atoms with Crippen molar-refractivity contribution in [2.75, 3.05) is 23.5 Å². The van der Waals surface area contributed by atoms with Gasteiger partial charge in [0.2, 0.25) is 5.95 Å². The van der Waals surface area contributed by atoms with Crippen molar-refractivity contribution in [2.24, 2.45) is 5.84 Å². The molecule has 1 unspecified atom stereocenters. The standard InChI is InChI=1S/C12H21N5O/c1-9-8-11(15-12(14-9)16-13)17-6-3-2-4-10(17)5-7-18/h8,10,18H,2-7,13H2,1H3,(H,14,15,16). The van der Waals surface area contributed by atoms with E-state index >= 15 is 0 Å². The molecule has 0 saturated carbocycles. The van der Waals surface area contributed by atoms with E-state index in [9.17, 15) is 0 Å². The van der Waals surface area contributed by atoms with Crippen LogP contribution in [0, 0.1) is 6.92 Å². The molecule has 18 heavy (non-hydrogen) atoms. The molecule has 1 saturated heterocycles. The first-order valence-corrected chi connectivity index (χ1v) is 6.44. The van der Waals surface area contributed by atoms with Gasteiger partial charge in [0.1, 0.15) is 5.82 Å². The first-order valence-electron chi connectivity index (χ1n) is 6.44. The van der Waals surface area contributed by atoms with Gasteiger partial charge in [-0.25, -0.2) is 10.8 Å². The van der Waals surface area contributed by atoms with E-state index in [4.69, 9.17) is 10.9 Å². The molecule has 4 N–H and O–H groups in total. The Balaban J connectivity index is 2.24. The molecule has 0 aromatic carbocycles. The number of hydrogen-bond acceptors (Lipinski definition) is 6. The molecule has 1 aliphatic heterocycles. The predicted octanol–water partition coefficient (Wildman–Crippen LogP) is 0.812. The molecule has 6 heteroatoms. The fourth-order valence-corrected chi connectivity index (χ4v) is 2.51. The molecule has 2 rings (SSSR count). The van der Waals surface area contributed by atoms with Gasteiger partial charge in [0, 0.05) is 31.0 Å². The van der Waals surface area contributed by atoms with E-state index in [0.29, 0.717) is 12.0 Å². The minimum Gasteiger partial charge on any atom is -0.396 e. The molecule has 0 aliphatic carbocycles. The van der Waals surface area contributed by atoms with Crippen molar-refractivity contribution in [3.8, 4) is 0 Å². The highest BCUT2D eigenvalue weighted by molar-refractivity contribution is 5.45. The lowest BCUT2D eigenvalue weighted by atomic mass is 9.99. The zero-order chi connectivity index (χ0) is 13.0. The third kappa shape index (κ3) is 2.88. The van der Waals surface area contributed by atoms with Crippen molar-refractivity contribution >= 4 is 11.8 Å². The minimum absolute atomic E-state index is 0.216. The van der Waals surface area contributed by atoms with Crippen molar-refractivity contribution in [3.63, 3.8) is 0 Å². The van der Waals surface area contributed by atoms with Gasteiger partial charge in [0.15, 0.2) is 0 Å². The van der Waals surface area contributed by atoms with Gasteiger partial charge in [-0.1, -0.05) is 0 Å². The van der Waals surface area contributed by atoms with Crippen LogP contribution in [0.5, 0.6) is 0 Å². The van der Waals surface area contributed by atoms with Crippen molar-refractivity contribution < 1.29 is 5.11 Å². The monoisotopic (exact) mass is 251 g/mol. The first kappa shape index (κ1) is 13.0. The fraction of sp³-hybridized carbons (Fsp3) is 0.667. The van der Waals surface area contributed by atoms with Crippen LogP contribution in [0.15, 0.2) is 6.07 Å². The van der Waals surface area contributed by atoms with Gasteiger partial charge in [0.05, 0.1) is 0 Å². The molecule has 0 amide bonds. The Hall–Kier alpha value is -1.40. The van der Waals surface area contributed by atoms with Crippen LogP contribution in [-0.4, -0.2) is 34.3 Å². The summed E-state index contributed by atoms with van der Waals surface area (Å²) in [4.78, 5) is 10.9. The lowest BCUT2D eigenvalue weighted by Crippen LogP contribution is -2.40. The number of aliphatic hydroxyl groups excluding tert-OH is 1. The van der Waals surface area contributed by atoms with E-state index in [1.165, 1.54) is 6.42 Å². The molecule has 100 valence electrons. The number of nitrogen functional groups attached to an aromatic ring is 1. The van der Waals surface area contributed by atoms with Gasteiger partial charge in [-0.3, -0.25) is 5.43 Å². The molecule has 1 aromatic heterocycles. The molecule has 1 aliphatic rings. The summed E-state index contributed by atoms with van der Waals surface area (Å²) in [6.45, 7) is 3.12. The van der Waals surface area contributed by atoms with Crippen LogP contribution in [0.4, 0.5) is 11.8 Å². The summed E-state index contributed by atoms with van der Waals surface area (Å²) in [7, 11) is 0. The average Bonchev–Trinajstić information content (AvgIpc) is 2.39. The summed E-state index contributed by atoms with van der Waals surface area (Å²) in [5.74, 6) is 6.72. The van der Waals surface area contributed by atoms with Crippen molar-refractivity contribution in [1.82, 2.24) is 9.97 Å². The summed E-state index contributed by atoms with van der Waals surface area (Å²) < 4.78 is 0. The minimum atomic E-state index is 0.216. The van der Waals surface area contributed by atoms with Gasteiger partial charge in [-0.15, -0.1) is 0 Å². The number of aliphatic hydroxyl groups is 1. The zero-order valence-electron chi connectivity index (χ0n) is 10.8. The van der Waals surface area contributed by atoms with E-state index in [-0.39, 0.29) is 6.61 Å². The largest absolute Gasteiger partial charge is 0.396 e. The molecule has 0 radical (unpaired) electrons. The number of nitrogens with zero attached hydrogens (tertiary/aromatic N) is 3. The van der Waals surface area contributed by atoms with Gasteiger partial charge in [-0.2, -0.15) is 4.98 Å². The van der Waals surface area contributed by atoms with Crippen LogP contribution >= 0.6 is 0 Å². The molecule has 6 nitrogen and oxygen atoms in total. The molecule has 2 heterocycles. The fourth-order valence-electron chi connectivity index (χ4n) is 2.51. The maximum atomic E-state index is 9.15. The average molecular weight is 251 g/mol. The highest BCUT2D eigenvalue weighted by Gasteiger charge is 2.23. The normalized spacial score (nSPS) is 19.9. The second-order valence-corrected chi connectivity index (χ2v) is 4.69. The van der Waals surface area contributed by atoms with E-state index in [2.05, 4.69) is 20.3 Å². The molecule has 0 spiro atoms. The van der Waals surface area contributed by atoms with Crippen LogP contribution in [0.25, 0.3) is 0 Å². The van der Waals surface area contributed by atoms with Crippen LogP contribution in [-0.2, 0) is 0 Å². The van der Waals surface area contributed by atoms with Crippen LogP contribution in [0.1, 0.15) is 31.4 Å². The topological polar surface area (TPSA) is 87.3 Å². The number of hydrazine groups is 1. The zero-order valence-corrected chi connectivity index (χ0v) is 10.8. The van der Waals surface area contributed by atoms with Crippen molar-refractivity contribution in [1.29, 1.82) is 0 Å². The lowest BCUT2D eigenvalue weighted by Gasteiger charge is -2.36. The van der Waals surface area contributed by atoms with Crippen LogP contribution < -0.4 is 16.2 Å². The molecule has 1 aromatic rings. The van der Waals surface area contributed by atoms with E-state index in [1.54, 1.807) is 0 Å². The quantitative estimate of drug-likeness (QED) is 0.542. The number of piperidine rings is 1. The molecular weight excluding hydrogens is 230 g/mol. The summed E-state index contributed by atoms with van der Waals surface area (Å²) >= 11 is 0. The maximum Gasteiger partial charge on any atom is 0.239 e. The smallest absolute Gasteiger partial charge is 0.239 e. The van der Waals surface area contributed by atoms with Crippen molar-refractivity contribution in [2.45, 2.75) is 38.6 Å². The number of anilines is 2. The Labute approximate surface area is 107 Å². The summed E-state index contributed by atoms with van der Waals surface area (Å²) in [6.07, 6.45) is 4.27. The van der Waals surface area contributed by atoms with Gasteiger partial charge in [-0.05, 0) is 32.6 Å². The van der Waals surface area contributed by atoms with E-state index in [1.807, 2.05) is 13.0 Å². The number of aromatic nitrogens is 2. The summed E-state index contributed by atoms with van der Waals surface area (Å²) in [5, 5.41) is 9.15. The van der Waals surface area contributed by atoms with Gasteiger partial charge in [0.25, 0.3) is 0 Å². The highest BCUT2D eigenvalue weighted by atomic mass is 16.3. The third-order valence-electron chi connectivity index (χ3n) is 3.35. The van der Waals surface area contributed by atoms with E-state index < -0.39 is 0 Å². The Bertz CT molecular complexity index is 396. The summed E-state index contributed by atoms with van der Waals surface area (Å²) in [5.41, 5.74) is 3.39. The third-order valence-corrected chi connectivity index (χ3v) is 3.35. The molecule has 1 fully saturated rings. The molecule has 0 bridgehead atoms. The van der Waals surface area contributed by atoms with Gasteiger partial charge < -0.3 is 10.0 Å². The number of nitrogens with one attached hydrogen (secondary N) is 1. The second kappa shape index (κ2) is 5.97. The number of hydrogen-bond donors (Lipinski definition) is 3. The van der Waals surface area contributed by atoms with Gasteiger partial charge >= 0.3 is 0 Å². The van der Waals surface area contributed by atoms with Crippen molar-refractivity contribution in [3.05, 3.63) is 11.8 Å².